The molecule has 2 N–H and O–H groups in total. The number of hydrogen-bond donors (Lipinski definition) is 2. The number of halogens is 1. The number of amides is 2. The molecule has 0 bridgehead atoms. The van der Waals surface area contributed by atoms with Gasteiger partial charge in [-0.1, -0.05) is 0 Å². The number of likely N-dealkylation sites (tertiary alicyclic amines) is 1. The van der Waals surface area contributed by atoms with E-state index in [9.17, 15) is 9.59 Å². The topological polar surface area (TPSA) is 74.6 Å². The van der Waals surface area contributed by atoms with Crippen molar-refractivity contribution in [3.63, 3.8) is 0 Å². The lowest BCUT2D eigenvalue weighted by atomic mass is 10.0. The lowest BCUT2D eigenvalue weighted by Crippen LogP contribution is -2.44. The Bertz CT molecular complexity index is 679. The van der Waals surface area contributed by atoms with Crippen molar-refractivity contribution in [1.29, 1.82) is 0 Å². The average molecular weight is 370 g/mol. The first-order valence-corrected chi connectivity index (χ1v) is 8.46. The number of furan rings is 1. The molecule has 2 aromatic rings. The molecular formula is C16H20ClN3O3S. The van der Waals surface area contributed by atoms with Crippen LogP contribution in [0.5, 0.6) is 0 Å². The van der Waals surface area contributed by atoms with E-state index in [0.29, 0.717) is 16.6 Å². The Hall–Kier alpha value is -1.83. The van der Waals surface area contributed by atoms with E-state index >= 15 is 0 Å². The van der Waals surface area contributed by atoms with E-state index in [4.69, 9.17) is 4.42 Å². The largest absolute Gasteiger partial charge is 0.459 e. The van der Waals surface area contributed by atoms with Crippen molar-refractivity contribution in [3.8, 4) is 0 Å². The minimum absolute atomic E-state index is 0. The van der Waals surface area contributed by atoms with Crippen molar-refractivity contribution < 1.29 is 14.0 Å². The number of anilines is 1. The summed E-state index contributed by atoms with van der Waals surface area (Å²) in [5, 5.41) is 8.38. The highest BCUT2D eigenvalue weighted by atomic mass is 35.5. The molecule has 1 aliphatic rings. The van der Waals surface area contributed by atoms with Crippen LogP contribution in [0.15, 0.2) is 34.3 Å². The molecule has 1 fully saturated rings. The van der Waals surface area contributed by atoms with Crippen molar-refractivity contribution in [3.05, 3.63) is 41.2 Å². The Morgan fingerprint density at radius 1 is 1.29 bits per heavy atom. The molecule has 2 aromatic heterocycles. The Kier molecular flexibility index (Phi) is 6.42. The molecule has 0 aromatic carbocycles. The Morgan fingerprint density at radius 3 is 2.67 bits per heavy atom. The predicted molar refractivity (Wildman–Crippen MR) is 96.2 cm³/mol. The van der Waals surface area contributed by atoms with Crippen molar-refractivity contribution in [2.45, 2.75) is 18.9 Å². The molecule has 24 heavy (non-hydrogen) atoms. The second-order valence-corrected chi connectivity index (χ2v) is 6.37. The van der Waals surface area contributed by atoms with Gasteiger partial charge in [0.15, 0.2) is 5.76 Å². The van der Waals surface area contributed by atoms with Gasteiger partial charge in [-0.25, -0.2) is 0 Å². The van der Waals surface area contributed by atoms with E-state index in [1.807, 2.05) is 17.3 Å². The van der Waals surface area contributed by atoms with Crippen LogP contribution in [-0.2, 0) is 0 Å². The van der Waals surface area contributed by atoms with E-state index in [-0.39, 0.29) is 30.0 Å². The first-order valence-electron chi connectivity index (χ1n) is 7.58. The summed E-state index contributed by atoms with van der Waals surface area (Å²) in [7, 11) is 1.95. The molecule has 0 spiro atoms. The fraction of sp³-hybridized carbons (Fsp3) is 0.375. The number of carbonyl (C=O) groups excluding carboxylic acids is 2. The number of carbonyl (C=O) groups is 2. The first kappa shape index (κ1) is 18.5. The molecule has 0 radical (unpaired) electrons. The molecule has 1 saturated heterocycles. The van der Waals surface area contributed by atoms with E-state index < -0.39 is 0 Å². The summed E-state index contributed by atoms with van der Waals surface area (Å²) in [6.45, 7) is 1.46. The molecular weight excluding hydrogens is 350 g/mol. The monoisotopic (exact) mass is 369 g/mol. The van der Waals surface area contributed by atoms with Gasteiger partial charge >= 0.3 is 0 Å². The van der Waals surface area contributed by atoms with Crippen LogP contribution in [0.25, 0.3) is 0 Å². The summed E-state index contributed by atoms with van der Waals surface area (Å²) in [5.74, 6) is -0.150. The summed E-state index contributed by atoms with van der Waals surface area (Å²) in [6, 6.07) is 5.48. The van der Waals surface area contributed by atoms with Crippen LogP contribution >= 0.6 is 23.7 Å². The molecule has 0 saturated carbocycles. The Labute approximate surface area is 150 Å². The van der Waals surface area contributed by atoms with Gasteiger partial charge in [0.25, 0.3) is 11.8 Å². The normalized spacial score (nSPS) is 15.0. The summed E-state index contributed by atoms with van der Waals surface area (Å²) in [4.78, 5) is 26.6. The van der Waals surface area contributed by atoms with Gasteiger partial charge in [-0.15, -0.1) is 23.7 Å². The fourth-order valence-electron chi connectivity index (χ4n) is 2.69. The Balaban J connectivity index is 0.00000208. The van der Waals surface area contributed by atoms with E-state index in [1.54, 1.807) is 18.2 Å². The summed E-state index contributed by atoms with van der Waals surface area (Å²) in [6.07, 6.45) is 3.34. The van der Waals surface area contributed by atoms with Crippen LogP contribution in [0.1, 0.15) is 33.8 Å². The lowest BCUT2D eigenvalue weighted by Gasteiger charge is -2.31. The number of piperidine rings is 1. The molecule has 0 aliphatic carbocycles. The van der Waals surface area contributed by atoms with Crippen molar-refractivity contribution in [2.24, 2.45) is 0 Å². The van der Waals surface area contributed by atoms with Gasteiger partial charge in [0.1, 0.15) is 5.00 Å². The smallest absolute Gasteiger partial charge is 0.291 e. The van der Waals surface area contributed by atoms with Gasteiger partial charge in [0, 0.05) is 19.1 Å². The molecule has 8 heteroatoms. The third-order valence-corrected chi connectivity index (χ3v) is 4.89. The highest BCUT2D eigenvalue weighted by molar-refractivity contribution is 7.14. The van der Waals surface area contributed by atoms with Gasteiger partial charge in [-0.05, 0) is 43.5 Å². The second-order valence-electron chi connectivity index (χ2n) is 5.45. The van der Waals surface area contributed by atoms with Crippen molar-refractivity contribution in [2.75, 3.05) is 25.5 Å². The maximum atomic E-state index is 12.7. The molecule has 3 rings (SSSR count). The third-order valence-electron chi connectivity index (χ3n) is 4.06. The van der Waals surface area contributed by atoms with E-state index in [1.165, 1.54) is 17.6 Å². The zero-order valence-electron chi connectivity index (χ0n) is 13.3. The zero-order valence-corrected chi connectivity index (χ0v) is 14.9. The SMILES string of the molecule is CNC1CCN(C(=O)c2ccsc2NC(=O)c2ccco2)CC1.Cl. The van der Waals surface area contributed by atoms with Crippen LogP contribution in [0, 0.1) is 0 Å². The quantitative estimate of drug-likeness (QED) is 0.869. The van der Waals surface area contributed by atoms with Crippen molar-refractivity contribution >= 4 is 40.6 Å². The Morgan fingerprint density at radius 2 is 2.04 bits per heavy atom. The van der Waals surface area contributed by atoms with Gasteiger partial charge in [0.05, 0.1) is 11.8 Å². The number of hydrogen-bond acceptors (Lipinski definition) is 5. The maximum Gasteiger partial charge on any atom is 0.291 e. The van der Waals surface area contributed by atoms with Gasteiger partial charge in [0.2, 0.25) is 0 Å². The van der Waals surface area contributed by atoms with Crippen molar-refractivity contribution in [1.82, 2.24) is 10.2 Å². The minimum atomic E-state index is -0.347. The molecule has 130 valence electrons. The summed E-state index contributed by atoms with van der Waals surface area (Å²) in [5.41, 5.74) is 0.540. The molecule has 6 nitrogen and oxygen atoms in total. The molecule has 2 amide bonds. The molecule has 0 unspecified atom stereocenters. The zero-order chi connectivity index (χ0) is 16.2. The highest BCUT2D eigenvalue weighted by Gasteiger charge is 2.25. The number of nitrogens with zero attached hydrogens (tertiary/aromatic N) is 1. The minimum Gasteiger partial charge on any atom is -0.459 e. The molecule has 1 aliphatic heterocycles. The van der Waals surface area contributed by atoms with Crippen LogP contribution < -0.4 is 10.6 Å². The number of rotatable bonds is 4. The van der Waals surface area contributed by atoms with Crippen LogP contribution in [0.3, 0.4) is 0 Å². The second kappa shape index (κ2) is 8.32. The van der Waals surface area contributed by atoms with Gasteiger partial charge < -0.3 is 20.0 Å². The maximum absolute atomic E-state index is 12.7. The van der Waals surface area contributed by atoms with Crippen LogP contribution in [0.4, 0.5) is 5.00 Å². The van der Waals surface area contributed by atoms with E-state index in [0.717, 1.165) is 25.9 Å². The van der Waals surface area contributed by atoms with Gasteiger partial charge in [-0.2, -0.15) is 0 Å². The van der Waals surface area contributed by atoms with Gasteiger partial charge in [-0.3, -0.25) is 9.59 Å². The predicted octanol–water partition coefficient (Wildman–Crippen LogP) is 2.84. The number of thiophene rings is 1. The summed E-state index contributed by atoms with van der Waals surface area (Å²) >= 11 is 1.34. The molecule has 3 heterocycles. The van der Waals surface area contributed by atoms with Crippen LogP contribution in [-0.4, -0.2) is 42.9 Å². The molecule has 0 atom stereocenters. The lowest BCUT2D eigenvalue weighted by molar-refractivity contribution is 0.0709. The standard InChI is InChI=1S/C16H19N3O3S.ClH/c1-17-11-4-7-19(8-5-11)16(21)12-6-10-23-15(12)18-14(20)13-3-2-9-22-13;/h2-3,6,9-11,17H,4-5,7-8H2,1H3,(H,18,20);1H. The average Bonchev–Trinajstić information content (AvgIpc) is 3.26. The fourth-order valence-corrected chi connectivity index (χ4v) is 3.46. The highest BCUT2D eigenvalue weighted by Crippen LogP contribution is 2.26. The van der Waals surface area contributed by atoms with Crippen LogP contribution in [0.2, 0.25) is 0 Å². The number of nitrogens with one attached hydrogen (secondary N) is 2. The summed E-state index contributed by atoms with van der Waals surface area (Å²) < 4.78 is 5.08. The third kappa shape index (κ3) is 3.98. The first-order chi connectivity index (χ1) is 11.2. The van der Waals surface area contributed by atoms with E-state index in [2.05, 4.69) is 10.6 Å².